The van der Waals surface area contributed by atoms with Crippen LogP contribution in [0.1, 0.15) is 16.8 Å². The molecular formula is C26H21F2N7O4. The summed E-state index contributed by atoms with van der Waals surface area (Å²) in [6, 6.07) is 11.6. The molecule has 11 nitrogen and oxygen atoms in total. The van der Waals surface area contributed by atoms with Crippen LogP contribution in [-0.2, 0) is 0 Å². The van der Waals surface area contributed by atoms with Gasteiger partial charge < -0.3 is 20.5 Å². The molecule has 0 unspecified atom stereocenters. The van der Waals surface area contributed by atoms with Gasteiger partial charge in [-0.2, -0.15) is 9.78 Å². The van der Waals surface area contributed by atoms with Gasteiger partial charge >= 0.3 is 0 Å². The number of rotatable bonds is 9. The van der Waals surface area contributed by atoms with E-state index in [9.17, 15) is 18.4 Å². The first kappa shape index (κ1) is 25.5. The lowest BCUT2D eigenvalue weighted by Gasteiger charge is -2.11. The number of aromatic nitrogens is 5. The number of aromatic amines is 1. The maximum Gasteiger partial charge on any atom is 0.284 e. The molecule has 5 aromatic rings. The molecule has 0 aliphatic heterocycles. The number of anilines is 1. The van der Waals surface area contributed by atoms with Gasteiger partial charge in [0.1, 0.15) is 22.5 Å². The number of nitrogens with two attached hydrogens (primary N) is 1. The summed E-state index contributed by atoms with van der Waals surface area (Å²) in [5.74, 6) is -1.66. The average molecular weight is 533 g/mol. The number of halogens is 2. The second-order valence-electron chi connectivity index (χ2n) is 8.19. The van der Waals surface area contributed by atoms with Gasteiger partial charge in [-0.3, -0.25) is 14.7 Å². The second-order valence-corrected chi connectivity index (χ2v) is 8.19. The van der Waals surface area contributed by atoms with Crippen molar-refractivity contribution in [2.24, 2.45) is 5.73 Å². The minimum absolute atomic E-state index is 0.0865. The largest absolute Gasteiger partial charge is 0.476 e. The van der Waals surface area contributed by atoms with Crippen molar-refractivity contribution in [1.82, 2.24) is 25.0 Å². The summed E-state index contributed by atoms with van der Waals surface area (Å²) >= 11 is 0. The van der Waals surface area contributed by atoms with Crippen molar-refractivity contribution in [3.63, 3.8) is 0 Å². The Morgan fingerprint density at radius 3 is 2.64 bits per heavy atom. The quantitative estimate of drug-likeness (QED) is 0.244. The van der Waals surface area contributed by atoms with Crippen molar-refractivity contribution < 1.29 is 23.0 Å². The van der Waals surface area contributed by atoms with E-state index >= 15 is 0 Å². The Bertz CT molecular complexity index is 1700. The first-order valence-corrected chi connectivity index (χ1v) is 11.7. The van der Waals surface area contributed by atoms with Gasteiger partial charge in [-0.15, -0.1) is 5.10 Å². The van der Waals surface area contributed by atoms with Crippen LogP contribution in [0.15, 0.2) is 71.8 Å². The van der Waals surface area contributed by atoms with Gasteiger partial charge in [-0.1, -0.05) is 0 Å². The summed E-state index contributed by atoms with van der Waals surface area (Å²) in [6.45, 7) is 0.781. The van der Waals surface area contributed by atoms with Crippen molar-refractivity contribution in [3.05, 3.63) is 94.5 Å². The molecule has 0 bridgehead atoms. The molecule has 0 radical (unpaired) electrons. The molecular weight excluding hydrogens is 512 g/mol. The van der Waals surface area contributed by atoms with Crippen LogP contribution in [0.4, 0.5) is 14.5 Å². The summed E-state index contributed by atoms with van der Waals surface area (Å²) in [5, 5.41) is 13.7. The standard InChI is InChI=1S/C26H21F2N7O4/c27-15-2-5-17(6-3-15)35-26(37)18(8-12-31-35)24(36)32-16-4-7-20(19(28)14-16)39-21-9-11-30-23-22(21)25(34-33-23)38-13-1-10-29/h2-9,11-12,14H,1,10,13,29H2,(H,32,36)(H,30,33,34). The van der Waals surface area contributed by atoms with Crippen LogP contribution in [0, 0.1) is 11.6 Å². The number of nitrogens with zero attached hydrogens (tertiary/aromatic N) is 4. The van der Waals surface area contributed by atoms with Gasteiger partial charge in [0.15, 0.2) is 17.2 Å². The molecule has 3 aromatic heterocycles. The fourth-order valence-corrected chi connectivity index (χ4v) is 3.67. The highest BCUT2D eigenvalue weighted by Crippen LogP contribution is 2.35. The normalized spacial score (nSPS) is 10.9. The fraction of sp³-hybridized carbons (Fsp3) is 0.115. The summed E-state index contributed by atoms with van der Waals surface area (Å²) in [7, 11) is 0. The maximum absolute atomic E-state index is 15.0. The van der Waals surface area contributed by atoms with Crippen LogP contribution in [0.25, 0.3) is 16.7 Å². The molecule has 0 aliphatic rings. The molecule has 0 saturated heterocycles. The van der Waals surface area contributed by atoms with E-state index in [2.05, 4.69) is 25.6 Å². The van der Waals surface area contributed by atoms with Gasteiger partial charge in [0.25, 0.3) is 11.5 Å². The Balaban J connectivity index is 1.35. The van der Waals surface area contributed by atoms with Gasteiger partial charge in [0.2, 0.25) is 5.88 Å². The molecule has 2 aromatic carbocycles. The lowest BCUT2D eigenvalue weighted by Crippen LogP contribution is -2.29. The van der Waals surface area contributed by atoms with Crippen molar-refractivity contribution in [1.29, 1.82) is 0 Å². The third-order valence-electron chi connectivity index (χ3n) is 5.55. The highest BCUT2D eigenvalue weighted by molar-refractivity contribution is 6.04. The first-order valence-electron chi connectivity index (χ1n) is 11.7. The van der Waals surface area contributed by atoms with Gasteiger partial charge in [0.05, 0.1) is 12.3 Å². The molecule has 0 saturated carbocycles. The van der Waals surface area contributed by atoms with E-state index in [1.807, 2.05) is 0 Å². The molecule has 4 N–H and O–H groups in total. The molecule has 0 aliphatic carbocycles. The van der Waals surface area contributed by atoms with Crippen molar-refractivity contribution in [2.75, 3.05) is 18.5 Å². The molecule has 0 fully saturated rings. The lowest BCUT2D eigenvalue weighted by molar-refractivity contribution is 0.102. The van der Waals surface area contributed by atoms with E-state index in [-0.39, 0.29) is 34.3 Å². The predicted molar refractivity (Wildman–Crippen MR) is 137 cm³/mol. The van der Waals surface area contributed by atoms with Crippen molar-refractivity contribution >= 4 is 22.6 Å². The van der Waals surface area contributed by atoms with E-state index in [0.717, 1.165) is 10.7 Å². The number of benzene rings is 2. The number of carbonyl (C=O) groups is 1. The van der Waals surface area contributed by atoms with Crippen LogP contribution in [-0.4, -0.2) is 44.0 Å². The van der Waals surface area contributed by atoms with Crippen molar-refractivity contribution in [2.45, 2.75) is 6.42 Å². The summed E-state index contributed by atoms with van der Waals surface area (Å²) in [5.41, 5.74) is 5.29. The molecule has 0 atom stereocenters. The topological polar surface area (TPSA) is 150 Å². The van der Waals surface area contributed by atoms with E-state index < -0.39 is 23.1 Å². The number of hydrogen-bond donors (Lipinski definition) is 3. The minimum atomic E-state index is -0.778. The molecule has 39 heavy (non-hydrogen) atoms. The minimum Gasteiger partial charge on any atom is -0.476 e. The van der Waals surface area contributed by atoms with Crippen LogP contribution >= 0.6 is 0 Å². The number of ether oxygens (including phenoxy) is 2. The number of H-pyrrole nitrogens is 1. The molecule has 3 heterocycles. The highest BCUT2D eigenvalue weighted by Gasteiger charge is 2.18. The van der Waals surface area contributed by atoms with Crippen LogP contribution in [0.3, 0.4) is 0 Å². The third kappa shape index (κ3) is 5.43. The van der Waals surface area contributed by atoms with Gasteiger partial charge in [-0.25, -0.2) is 13.8 Å². The van der Waals surface area contributed by atoms with E-state index in [1.54, 1.807) is 6.07 Å². The number of pyridine rings is 1. The number of amides is 1. The Labute approximate surface area is 219 Å². The smallest absolute Gasteiger partial charge is 0.284 e. The SMILES string of the molecule is NCCCOc1n[nH]c2nccc(Oc3ccc(NC(=O)c4ccnn(-c5ccc(F)cc5)c4=O)cc3F)c12. The lowest BCUT2D eigenvalue weighted by atomic mass is 10.2. The molecule has 13 heteroatoms. The molecule has 198 valence electrons. The Hall–Kier alpha value is -5.17. The van der Waals surface area contributed by atoms with Gasteiger partial charge in [-0.05, 0) is 55.4 Å². The summed E-state index contributed by atoms with van der Waals surface area (Å²) < 4.78 is 40.6. The number of nitrogens with one attached hydrogen (secondary N) is 2. The fourth-order valence-electron chi connectivity index (χ4n) is 3.67. The van der Waals surface area contributed by atoms with Crippen LogP contribution in [0.5, 0.6) is 17.4 Å². The van der Waals surface area contributed by atoms with Crippen LogP contribution < -0.4 is 26.1 Å². The number of hydrogen-bond acceptors (Lipinski definition) is 8. The van der Waals surface area contributed by atoms with Crippen LogP contribution in [0.2, 0.25) is 0 Å². The Morgan fingerprint density at radius 1 is 1.05 bits per heavy atom. The zero-order valence-corrected chi connectivity index (χ0v) is 20.2. The van der Waals surface area contributed by atoms with Gasteiger partial charge in [0, 0.05) is 30.2 Å². The maximum atomic E-state index is 15.0. The van der Waals surface area contributed by atoms with E-state index in [1.165, 1.54) is 54.9 Å². The van der Waals surface area contributed by atoms with E-state index in [4.69, 9.17) is 15.2 Å². The zero-order valence-electron chi connectivity index (χ0n) is 20.2. The summed E-state index contributed by atoms with van der Waals surface area (Å²) in [6.07, 6.45) is 3.35. The summed E-state index contributed by atoms with van der Waals surface area (Å²) in [4.78, 5) is 29.8. The Kier molecular flexibility index (Phi) is 7.23. The Morgan fingerprint density at radius 2 is 1.87 bits per heavy atom. The molecule has 1 amide bonds. The predicted octanol–water partition coefficient (Wildman–Crippen LogP) is 3.55. The number of fused-ring (bicyclic) bond motifs is 1. The second kappa shape index (κ2) is 11.1. The average Bonchev–Trinajstić information content (AvgIpc) is 3.35. The highest BCUT2D eigenvalue weighted by atomic mass is 19.1. The van der Waals surface area contributed by atoms with Crippen molar-refractivity contribution in [3.8, 4) is 23.1 Å². The zero-order chi connectivity index (χ0) is 27.4. The molecule has 0 spiro atoms. The van der Waals surface area contributed by atoms with E-state index in [0.29, 0.717) is 30.6 Å². The first-order chi connectivity index (χ1) is 18.9. The monoisotopic (exact) mass is 533 g/mol. The number of carbonyl (C=O) groups excluding carboxylic acids is 1. The third-order valence-corrected chi connectivity index (χ3v) is 5.55. The molecule has 5 rings (SSSR count).